The molecule has 3 aromatic rings. The zero-order valence-electron chi connectivity index (χ0n) is 12.2. The number of benzene rings is 1. The van der Waals surface area contributed by atoms with Crippen LogP contribution >= 0.6 is 11.6 Å². The van der Waals surface area contributed by atoms with Crippen molar-refractivity contribution < 1.29 is 9.15 Å². The predicted octanol–water partition coefficient (Wildman–Crippen LogP) is 4.55. The molecule has 2 aromatic heterocycles. The number of ether oxygens (including phenoxy) is 1. The molecule has 0 amide bonds. The van der Waals surface area contributed by atoms with E-state index in [1.54, 1.807) is 13.4 Å². The highest BCUT2D eigenvalue weighted by Crippen LogP contribution is 2.32. The molecule has 0 aliphatic rings. The Bertz CT molecular complexity index is 747. The van der Waals surface area contributed by atoms with Crippen molar-refractivity contribution >= 4 is 22.6 Å². The number of aromatic nitrogens is 2. The summed E-state index contributed by atoms with van der Waals surface area (Å²) < 4.78 is 13.0. The van der Waals surface area contributed by atoms with Gasteiger partial charge in [0.05, 0.1) is 35.8 Å². The summed E-state index contributed by atoms with van der Waals surface area (Å²) >= 11 is 6.31. The molecule has 2 unspecified atom stereocenters. The monoisotopic (exact) mass is 304 g/mol. The van der Waals surface area contributed by atoms with Crippen LogP contribution in [0.15, 0.2) is 41.0 Å². The minimum Gasteiger partial charge on any atom is -0.497 e. The van der Waals surface area contributed by atoms with Crippen LogP contribution in [0.25, 0.3) is 11.0 Å². The van der Waals surface area contributed by atoms with Crippen molar-refractivity contribution in [2.45, 2.75) is 25.3 Å². The smallest absolute Gasteiger partial charge is 0.128 e. The molecule has 4 nitrogen and oxygen atoms in total. The number of halogens is 1. The van der Waals surface area contributed by atoms with Gasteiger partial charge in [-0.3, -0.25) is 0 Å². The third-order valence-corrected chi connectivity index (χ3v) is 3.82. The van der Waals surface area contributed by atoms with Crippen LogP contribution in [0, 0.1) is 0 Å². The van der Waals surface area contributed by atoms with E-state index < -0.39 is 0 Å². The lowest BCUT2D eigenvalue weighted by Crippen LogP contribution is -2.10. The van der Waals surface area contributed by atoms with Gasteiger partial charge in [0.25, 0.3) is 0 Å². The molecule has 3 rings (SSSR count). The minimum absolute atomic E-state index is 0.00769. The first-order valence-electron chi connectivity index (χ1n) is 6.85. The van der Waals surface area contributed by atoms with Gasteiger partial charge < -0.3 is 13.7 Å². The Morgan fingerprint density at radius 3 is 2.71 bits per heavy atom. The van der Waals surface area contributed by atoms with Gasteiger partial charge in [-0.15, -0.1) is 11.6 Å². The second kappa shape index (κ2) is 5.45. The van der Waals surface area contributed by atoms with Crippen molar-refractivity contribution in [2.75, 3.05) is 7.11 Å². The molecule has 5 heteroatoms. The summed E-state index contributed by atoms with van der Waals surface area (Å²) in [5.74, 6) is 2.49. The number of hydrogen-bond acceptors (Lipinski definition) is 3. The maximum Gasteiger partial charge on any atom is 0.128 e. The Balaban J connectivity index is 2.24. The number of imidazole rings is 1. The molecular formula is C16H17ClN2O2. The van der Waals surface area contributed by atoms with Crippen molar-refractivity contribution in [3.05, 3.63) is 48.2 Å². The van der Waals surface area contributed by atoms with Gasteiger partial charge in [0.2, 0.25) is 0 Å². The lowest BCUT2D eigenvalue weighted by Gasteiger charge is -2.17. The van der Waals surface area contributed by atoms with Gasteiger partial charge in [-0.2, -0.15) is 0 Å². The average Bonchev–Trinajstić information content (AvgIpc) is 3.13. The second-order valence-corrected chi connectivity index (χ2v) is 5.66. The van der Waals surface area contributed by atoms with Gasteiger partial charge >= 0.3 is 0 Å². The van der Waals surface area contributed by atoms with Gasteiger partial charge in [0.15, 0.2) is 0 Å². The summed E-state index contributed by atoms with van der Waals surface area (Å²) in [5, 5.41) is -0.194. The van der Waals surface area contributed by atoms with Crippen molar-refractivity contribution in [1.82, 2.24) is 9.55 Å². The first-order valence-corrected chi connectivity index (χ1v) is 7.28. The largest absolute Gasteiger partial charge is 0.497 e. The number of nitrogens with zero attached hydrogens (tertiary/aromatic N) is 2. The fourth-order valence-electron chi connectivity index (χ4n) is 2.56. The van der Waals surface area contributed by atoms with E-state index in [1.807, 2.05) is 37.3 Å². The van der Waals surface area contributed by atoms with Gasteiger partial charge in [0, 0.05) is 6.07 Å². The summed E-state index contributed by atoms with van der Waals surface area (Å²) in [6, 6.07) is 9.68. The molecule has 0 saturated heterocycles. The highest BCUT2D eigenvalue weighted by molar-refractivity contribution is 6.20. The molecule has 110 valence electrons. The number of fused-ring (bicyclic) bond motifs is 1. The molecule has 0 N–H and O–H groups in total. The molecule has 0 saturated carbocycles. The van der Waals surface area contributed by atoms with Crippen LogP contribution in [-0.4, -0.2) is 16.7 Å². The molecule has 1 aromatic carbocycles. The Labute approximate surface area is 128 Å². The molecule has 0 radical (unpaired) electrons. The Morgan fingerprint density at radius 2 is 2.10 bits per heavy atom. The van der Waals surface area contributed by atoms with Crippen molar-refractivity contribution in [3.63, 3.8) is 0 Å². The van der Waals surface area contributed by atoms with Crippen LogP contribution in [0.2, 0.25) is 0 Å². The summed E-state index contributed by atoms with van der Waals surface area (Å²) in [7, 11) is 1.66. The van der Waals surface area contributed by atoms with Crippen LogP contribution in [0.3, 0.4) is 0 Å². The van der Waals surface area contributed by atoms with Gasteiger partial charge in [-0.25, -0.2) is 4.98 Å². The fraction of sp³-hybridized carbons (Fsp3) is 0.312. The zero-order valence-corrected chi connectivity index (χ0v) is 13.0. The van der Waals surface area contributed by atoms with Gasteiger partial charge in [0.1, 0.15) is 17.3 Å². The van der Waals surface area contributed by atoms with Crippen LogP contribution < -0.4 is 4.74 Å². The first-order chi connectivity index (χ1) is 10.1. The molecule has 0 aliphatic heterocycles. The SMILES string of the molecule is COc1ccc2nc(C(C)Cl)n(C(C)c3ccco3)c2c1. The second-order valence-electron chi connectivity index (χ2n) is 5.00. The molecular weight excluding hydrogens is 288 g/mol. The lowest BCUT2D eigenvalue weighted by atomic mass is 10.2. The molecule has 0 aliphatic carbocycles. The maximum atomic E-state index is 6.31. The van der Waals surface area contributed by atoms with Crippen molar-refractivity contribution in [2.24, 2.45) is 0 Å². The predicted molar refractivity (Wildman–Crippen MR) is 83.1 cm³/mol. The summed E-state index contributed by atoms with van der Waals surface area (Å²) in [4.78, 5) is 4.65. The summed E-state index contributed by atoms with van der Waals surface area (Å²) in [6.07, 6.45) is 1.68. The standard InChI is InChI=1S/C16H17ClN2O2/c1-10(17)16-18-13-7-6-12(20-3)9-14(13)19(16)11(2)15-5-4-8-21-15/h4-11H,1-3H3. The van der Waals surface area contributed by atoms with E-state index in [0.29, 0.717) is 0 Å². The Kier molecular flexibility index (Phi) is 3.64. The third kappa shape index (κ3) is 2.40. The van der Waals surface area contributed by atoms with Crippen molar-refractivity contribution in [1.29, 1.82) is 0 Å². The summed E-state index contributed by atoms with van der Waals surface area (Å²) in [5.41, 5.74) is 1.89. The van der Waals surface area contributed by atoms with Crippen LogP contribution in [0.1, 0.15) is 36.9 Å². The van der Waals surface area contributed by atoms with Gasteiger partial charge in [-0.05, 0) is 38.1 Å². The molecule has 0 bridgehead atoms. The average molecular weight is 305 g/mol. The third-order valence-electron chi connectivity index (χ3n) is 3.62. The number of methoxy groups -OCH3 is 1. The Hall–Kier alpha value is -1.94. The fourth-order valence-corrected chi connectivity index (χ4v) is 2.72. The lowest BCUT2D eigenvalue weighted by molar-refractivity contribution is 0.414. The van der Waals surface area contributed by atoms with E-state index in [4.69, 9.17) is 20.8 Å². The normalized spacial score (nSPS) is 14.3. The topological polar surface area (TPSA) is 40.2 Å². The number of furan rings is 1. The van der Waals surface area contributed by atoms with Crippen LogP contribution in [-0.2, 0) is 0 Å². The first kappa shape index (κ1) is 14.0. The van der Waals surface area contributed by atoms with Gasteiger partial charge in [-0.1, -0.05) is 0 Å². The van der Waals surface area contributed by atoms with E-state index in [-0.39, 0.29) is 11.4 Å². The zero-order chi connectivity index (χ0) is 15.0. The molecule has 0 fully saturated rings. The van der Waals surface area contributed by atoms with E-state index in [0.717, 1.165) is 28.4 Å². The quantitative estimate of drug-likeness (QED) is 0.664. The highest BCUT2D eigenvalue weighted by atomic mass is 35.5. The minimum atomic E-state index is -0.194. The van der Waals surface area contributed by atoms with E-state index in [9.17, 15) is 0 Å². The molecule has 2 atom stereocenters. The highest BCUT2D eigenvalue weighted by Gasteiger charge is 2.21. The van der Waals surface area contributed by atoms with Crippen LogP contribution in [0.5, 0.6) is 5.75 Å². The molecule has 21 heavy (non-hydrogen) atoms. The van der Waals surface area contributed by atoms with E-state index in [2.05, 4.69) is 16.5 Å². The number of hydrogen-bond donors (Lipinski definition) is 0. The van der Waals surface area contributed by atoms with Crippen molar-refractivity contribution in [3.8, 4) is 5.75 Å². The molecule has 2 heterocycles. The molecule has 0 spiro atoms. The summed E-state index contributed by atoms with van der Waals surface area (Å²) in [6.45, 7) is 3.99. The maximum absolute atomic E-state index is 6.31. The Morgan fingerprint density at radius 1 is 1.29 bits per heavy atom. The van der Waals surface area contributed by atoms with E-state index in [1.165, 1.54) is 0 Å². The number of rotatable bonds is 4. The van der Waals surface area contributed by atoms with E-state index >= 15 is 0 Å². The number of alkyl halides is 1. The van der Waals surface area contributed by atoms with Crippen LogP contribution in [0.4, 0.5) is 0 Å².